The van der Waals surface area contributed by atoms with Crippen LogP contribution in [-0.4, -0.2) is 49.1 Å². The molecular weight excluding hydrogens is 260 g/mol. The maximum absolute atomic E-state index is 12.3. The Balaban J connectivity index is 3.59. The quantitative estimate of drug-likeness (QED) is 0.726. The molecular formula is C15H28O5. The van der Waals surface area contributed by atoms with Gasteiger partial charge in [0.25, 0.3) is 0 Å². The second-order valence-corrected chi connectivity index (χ2v) is 6.71. The van der Waals surface area contributed by atoms with Gasteiger partial charge in [0.2, 0.25) is 0 Å². The lowest BCUT2D eigenvalue weighted by Crippen LogP contribution is -2.84. The zero-order chi connectivity index (χ0) is 16.2. The van der Waals surface area contributed by atoms with Crippen molar-refractivity contribution in [3.63, 3.8) is 0 Å². The van der Waals surface area contributed by atoms with Crippen LogP contribution in [0.4, 0.5) is 0 Å². The molecule has 0 amide bonds. The van der Waals surface area contributed by atoms with Crippen LogP contribution < -0.4 is 0 Å². The Morgan fingerprint density at radius 3 is 1.70 bits per heavy atom. The molecule has 20 heavy (non-hydrogen) atoms. The summed E-state index contributed by atoms with van der Waals surface area (Å²) in [5.41, 5.74) is -8.30. The Morgan fingerprint density at radius 2 is 1.35 bits per heavy atom. The van der Waals surface area contributed by atoms with E-state index in [2.05, 4.69) is 0 Å². The van der Waals surface area contributed by atoms with E-state index < -0.39 is 28.0 Å². The predicted octanol–water partition coefficient (Wildman–Crippen LogP) is 1.18. The highest BCUT2D eigenvalue weighted by atomic mass is 16.6. The third-order valence-corrected chi connectivity index (χ3v) is 5.81. The highest BCUT2D eigenvalue weighted by Gasteiger charge is 2.74. The number of rotatable bonds is 3. The fourth-order valence-electron chi connectivity index (χ4n) is 3.18. The molecule has 0 aromatic heterocycles. The van der Waals surface area contributed by atoms with E-state index in [0.717, 1.165) is 0 Å². The van der Waals surface area contributed by atoms with Crippen LogP contribution in [0, 0.1) is 0 Å². The van der Waals surface area contributed by atoms with Crippen molar-refractivity contribution >= 4 is 5.78 Å². The van der Waals surface area contributed by atoms with Gasteiger partial charge in [0.1, 0.15) is 16.8 Å². The molecule has 1 heterocycles. The lowest BCUT2D eigenvalue weighted by atomic mass is 9.56. The molecule has 5 nitrogen and oxygen atoms in total. The van der Waals surface area contributed by atoms with Gasteiger partial charge in [-0.1, -0.05) is 13.8 Å². The number of ketones is 1. The lowest BCUT2D eigenvalue weighted by molar-refractivity contribution is -0.387. The Bertz CT molecular complexity index is 412. The van der Waals surface area contributed by atoms with E-state index in [1.165, 1.54) is 27.7 Å². The minimum atomic E-state index is -1.93. The van der Waals surface area contributed by atoms with Crippen LogP contribution in [0.5, 0.6) is 0 Å². The van der Waals surface area contributed by atoms with Crippen LogP contribution in [0.1, 0.15) is 61.3 Å². The van der Waals surface area contributed by atoms with Crippen molar-refractivity contribution < 1.29 is 24.9 Å². The molecule has 0 radical (unpaired) electrons. The van der Waals surface area contributed by atoms with Crippen molar-refractivity contribution in [2.24, 2.45) is 0 Å². The first-order chi connectivity index (χ1) is 8.75. The predicted molar refractivity (Wildman–Crippen MR) is 75.4 cm³/mol. The zero-order valence-electron chi connectivity index (χ0n) is 13.6. The van der Waals surface area contributed by atoms with Crippen LogP contribution in [0.15, 0.2) is 0 Å². The maximum atomic E-state index is 12.3. The summed E-state index contributed by atoms with van der Waals surface area (Å²) in [4.78, 5) is 12.3. The van der Waals surface area contributed by atoms with Gasteiger partial charge in [0, 0.05) is 6.42 Å². The van der Waals surface area contributed by atoms with Crippen molar-refractivity contribution in [2.45, 2.75) is 89.3 Å². The van der Waals surface area contributed by atoms with E-state index in [0.29, 0.717) is 6.42 Å². The minimum Gasteiger partial charge on any atom is -0.384 e. The smallest absolute Gasteiger partial charge is 0.167 e. The Labute approximate surface area is 121 Å². The summed E-state index contributed by atoms with van der Waals surface area (Å²) < 4.78 is 5.92. The van der Waals surface area contributed by atoms with Gasteiger partial charge in [-0.3, -0.25) is 4.79 Å². The monoisotopic (exact) mass is 288 g/mol. The first-order valence-corrected chi connectivity index (χ1v) is 7.15. The maximum Gasteiger partial charge on any atom is 0.167 e. The van der Waals surface area contributed by atoms with Crippen molar-refractivity contribution in [3.8, 4) is 0 Å². The summed E-state index contributed by atoms with van der Waals surface area (Å²) in [6.07, 6.45) is 0.559. The van der Waals surface area contributed by atoms with Gasteiger partial charge in [-0.2, -0.15) is 0 Å². The second kappa shape index (κ2) is 4.50. The third-order valence-electron chi connectivity index (χ3n) is 5.81. The highest BCUT2D eigenvalue weighted by Crippen LogP contribution is 2.54. The molecule has 0 aromatic carbocycles. The van der Waals surface area contributed by atoms with Gasteiger partial charge in [-0.15, -0.1) is 0 Å². The van der Waals surface area contributed by atoms with E-state index >= 15 is 0 Å². The number of carbonyl (C=O) groups excluding carboxylic acids is 1. The van der Waals surface area contributed by atoms with Crippen LogP contribution >= 0.6 is 0 Å². The molecule has 3 N–H and O–H groups in total. The van der Waals surface area contributed by atoms with Crippen LogP contribution in [0.3, 0.4) is 0 Å². The van der Waals surface area contributed by atoms with E-state index in [1.807, 2.05) is 0 Å². The largest absolute Gasteiger partial charge is 0.384 e. The fourth-order valence-corrected chi connectivity index (χ4v) is 3.18. The summed E-state index contributed by atoms with van der Waals surface area (Å²) in [5, 5.41) is 32.5. The summed E-state index contributed by atoms with van der Waals surface area (Å²) in [6, 6.07) is 0. The first kappa shape index (κ1) is 17.6. The Hall–Kier alpha value is -0.490. The normalized spacial score (nSPS) is 52.9. The van der Waals surface area contributed by atoms with Gasteiger partial charge in [0.15, 0.2) is 11.4 Å². The zero-order valence-corrected chi connectivity index (χ0v) is 13.6. The molecule has 1 fully saturated rings. The molecule has 0 spiro atoms. The van der Waals surface area contributed by atoms with Crippen molar-refractivity contribution in [2.75, 3.05) is 0 Å². The van der Waals surface area contributed by atoms with E-state index in [9.17, 15) is 20.1 Å². The molecule has 5 atom stereocenters. The minimum absolute atomic E-state index is 0.171. The Morgan fingerprint density at radius 1 is 0.900 bits per heavy atom. The average molecular weight is 288 g/mol. The SMILES string of the molecule is CCC(=O)C1(C)OC(C)(CC)C(C)(O)C(C)(O)C1(C)O. The molecule has 0 bridgehead atoms. The Kier molecular flexibility index (Phi) is 3.95. The summed E-state index contributed by atoms with van der Waals surface area (Å²) in [6.45, 7) is 10.7. The third kappa shape index (κ3) is 1.73. The number of aliphatic hydroxyl groups is 3. The highest BCUT2D eigenvalue weighted by molar-refractivity contribution is 5.88. The van der Waals surface area contributed by atoms with Crippen LogP contribution in [-0.2, 0) is 9.53 Å². The topological polar surface area (TPSA) is 87.0 Å². The van der Waals surface area contributed by atoms with Gasteiger partial charge in [-0.25, -0.2) is 0 Å². The van der Waals surface area contributed by atoms with E-state index in [1.54, 1.807) is 20.8 Å². The number of ether oxygens (including phenoxy) is 1. The molecule has 0 aliphatic carbocycles. The summed E-state index contributed by atoms with van der Waals surface area (Å²) in [5.74, 6) is -0.307. The molecule has 5 unspecified atom stereocenters. The number of hydrogen-bond acceptors (Lipinski definition) is 5. The summed E-state index contributed by atoms with van der Waals surface area (Å²) in [7, 11) is 0. The average Bonchev–Trinajstić information content (AvgIpc) is 2.35. The molecule has 1 aliphatic rings. The summed E-state index contributed by atoms with van der Waals surface area (Å²) >= 11 is 0. The van der Waals surface area contributed by atoms with Crippen molar-refractivity contribution in [1.82, 2.24) is 0 Å². The van der Waals surface area contributed by atoms with Crippen molar-refractivity contribution in [3.05, 3.63) is 0 Å². The molecule has 5 heteroatoms. The standard InChI is InChI=1S/C15H28O5/c1-8-10(16)12(4)14(6,18)15(7,19)13(5,17)11(3,9-2)20-12/h17-19H,8-9H2,1-7H3. The van der Waals surface area contributed by atoms with E-state index in [4.69, 9.17) is 4.74 Å². The number of Topliss-reactive ketones (excluding diaryl/α,β-unsaturated/α-hetero) is 1. The molecule has 0 saturated carbocycles. The van der Waals surface area contributed by atoms with Gasteiger partial charge < -0.3 is 20.1 Å². The molecule has 0 aromatic rings. The molecule has 1 rings (SSSR count). The molecule has 118 valence electrons. The lowest BCUT2D eigenvalue weighted by Gasteiger charge is -2.65. The van der Waals surface area contributed by atoms with Gasteiger partial charge >= 0.3 is 0 Å². The van der Waals surface area contributed by atoms with Crippen molar-refractivity contribution in [1.29, 1.82) is 0 Å². The van der Waals surface area contributed by atoms with Gasteiger partial charge in [0.05, 0.1) is 5.60 Å². The van der Waals surface area contributed by atoms with Crippen LogP contribution in [0.2, 0.25) is 0 Å². The van der Waals surface area contributed by atoms with E-state index in [-0.39, 0.29) is 12.2 Å². The van der Waals surface area contributed by atoms with Gasteiger partial charge in [-0.05, 0) is 41.0 Å². The second-order valence-electron chi connectivity index (χ2n) is 6.71. The molecule has 1 saturated heterocycles. The number of carbonyl (C=O) groups is 1. The first-order valence-electron chi connectivity index (χ1n) is 7.15. The fraction of sp³-hybridized carbons (Fsp3) is 0.933. The number of hydrogen-bond donors (Lipinski definition) is 3. The molecule has 1 aliphatic heterocycles. The van der Waals surface area contributed by atoms with Crippen LogP contribution in [0.25, 0.3) is 0 Å².